The highest BCUT2D eigenvalue weighted by Crippen LogP contribution is 2.34. The van der Waals surface area contributed by atoms with Gasteiger partial charge in [-0.15, -0.1) is 0 Å². The Labute approximate surface area is 108 Å². The third-order valence-corrected chi connectivity index (χ3v) is 4.15. The van der Waals surface area contributed by atoms with Crippen LogP contribution in [0.1, 0.15) is 31.4 Å². The van der Waals surface area contributed by atoms with Crippen LogP contribution in [0.2, 0.25) is 0 Å². The quantitative estimate of drug-likeness (QED) is 0.711. The molecule has 1 aromatic rings. The van der Waals surface area contributed by atoms with Crippen LogP contribution >= 0.6 is 0 Å². The maximum atomic E-state index is 11.9. The van der Waals surface area contributed by atoms with E-state index in [-0.39, 0.29) is 18.1 Å². The number of cyclic esters (lactones) is 1. The molecule has 0 N–H and O–H groups in total. The van der Waals surface area contributed by atoms with Gasteiger partial charge in [0.05, 0.1) is 6.04 Å². The Bertz CT molecular complexity index is 431. The number of ether oxygens (including phenoxy) is 1. The number of carbonyl (C=O) groups excluding carboxylic acids is 1. The van der Waals surface area contributed by atoms with Gasteiger partial charge in [0, 0.05) is 0 Å². The van der Waals surface area contributed by atoms with Crippen LogP contribution in [0.25, 0.3) is 0 Å². The van der Waals surface area contributed by atoms with Crippen molar-refractivity contribution in [3.63, 3.8) is 0 Å². The van der Waals surface area contributed by atoms with Crippen molar-refractivity contribution in [3.05, 3.63) is 35.9 Å². The molecule has 0 aromatic heterocycles. The van der Waals surface area contributed by atoms with Crippen molar-refractivity contribution < 1.29 is 9.53 Å². The van der Waals surface area contributed by atoms with E-state index < -0.39 is 0 Å². The molecule has 1 aromatic carbocycles. The number of benzene rings is 1. The zero-order chi connectivity index (χ0) is 12.5. The summed E-state index contributed by atoms with van der Waals surface area (Å²) >= 11 is 0. The minimum atomic E-state index is -0.0345. The predicted molar refractivity (Wildman–Crippen MR) is 69.0 cm³/mol. The highest BCUT2D eigenvalue weighted by Gasteiger charge is 2.41. The Hall–Kier alpha value is -1.35. The second kappa shape index (κ2) is 4.73. The summed E-state index contributed by atoms with van der Waals surface area (Å²) in [5.74, 6) is 0.585. The van der Waals surface area contributed by atoms with E-state index >= 15 is 0 Å². The minimum absolute atomic E-state index is 0.0336. The first-order chi connectivity index (χ1) is 8.75. The van der Waals surface area contributed by atoms with Crippen molar-refractivity contribution in [2.24, 2.45) is 5.92 Å². The van der Waals surface area contributed by atoms with Gasteiger partial charge >= 0.3 is 5.97 Å². The highest BCUT2D eigenvalue weighted by molar-refractivity contribution is 5.76. The monoisotopic (exact) mass is 245 g/mol. The number of hydrogen-bond donors (Lipinski definition) is 0. The van der Waals surface area contributed by atoms with E-state index in [2.05, 4.69) is 24.0 Å². The van der Waals surface area contributed by atoms with E-state index in [1.54, 1.807) is 0 Å². The number of esters is 1. The summed E-state index contributed by atoms with van der Waals surface area (Å²) in [6.45, 7) is 3.71. The molecule has 0 saturated carbocycles. The van der Waals surface area contributed by atoms with Crippen LogP contribution in [0.15, 0.2) is 30.3 Å². The number of carbonyl (C=O) groups is 1. The Morgan fingerprint density at radius 3 is 2.78 bits per heavy atom. The summed E-state index contributed by atoms with van der Waals surface area (Å²) < 4.78 is 5.38. The molecule has 2 fully saturated rings. The highest BCUT2D eigenvalue weighted by atomic mass is 16.5. The Kier molecular flexibility index (Phi) is 3.08. The Morgan fingerprint density at radius 1 is 1.22 bits per heavy atom. The van der Waals surface area contributed by atoms with Gasteiger partial charge in [-0.2, -0.15) is 0 Å². The lowest BCUT2D eigenvalue weighted by atomic mass is 9.89. The minimum Gasteiger partial charge on any atom is -0.462 e. The van der Waals surface area contributed by atoms with E-state index in [1.165, 1.54) is 12.0 Å². The van der Waals surface area contributed by atoms with Crippen molar-refractivity contribution in [1.82, 2.24) is 4.90 Å². The summed E-state index contributed by atoms with van der Waals surface area (Å²) in [5, 5.41) is 0. The molecular formula is C15H19NO2. The van der Waals surface area contributed by atoms with Crippen molar-refractivity contribution in [3.8, 4) is 0 Å². The van der Waals surface area contributed by atoms with E-state index in [4.69, 9.17) is 4.74 Å². The van der Waals surface area contributed by atoms with Gasteiger partial charge in [0.25, 0.3) is 0 Å². The normalized spacial score (nSPS) is 32.7. The number of hydrogen-bond acceptors (Lipinski definition) is 3. The van der Waals surface area contributed by atoms with Gasteiger partial charge in [0.15, 0.2) is 0 Å². The molecule has 2 heterocycles. The molecule has 3 nitrogen and oxygen atoms in total. The van der Waals surface area contributed by atoms with E-state index in [0.717, 1.165) is 13.0 Å². The van der Waals surface area contributed by atoms with Gasteiger partial charge in [-0.05, 0) is 30.9 Å². The maximum absolute atomic E-state index is 11.9. The molecule has 2 saturated heterocycles. The topological polar surface area (TPSA) is 29.5 Å². The lowest BCUT2D eigenvalue weighted by Gasteiger charge is -2.45. The standard InChI is InChI=1S/C15H19NO2/c1-11-7-8-16-13(9-11)15(17)18-10-14(16)12-5-3-2-4-6-12/h2-6,11,13-14H,7-10H2,1H3/t11-,13+,14-/m0/s1. The number of piperidine rings is 1. The summed E-state index contributed by atoms with van der Waals surface area (Å²) in [7, 11) is 0. The van der Waals surface area contributed by atoms with Crippen LogP contribution in [-0.2, 0) is 9.53 Å². The molecule has 96 valence electrons. The van der Waals surface area contributed by atoms with Gasteiger partial charge in [0.1, 0.15) is 12.6 Å². The first-order valence-corrected chi connectivity index (χ1v) is 6.73. The van der Waals surface area contributed by atoms with Gasteiger partial charge in [0.2, 0.25) is 0 Å². The van der Waals surface area contributed by atoms with Crippen LogP contribution in [0.3, 0.4) is 0 Å². The molecule has 0 amide bonds. The summed E-state index contributed by atoms with van der Waals surface area (Å²) in [4.78, 5) is 14.2. The summed E-state index contributed by atoms with van der Waals surface area (Å²) in [5.41, 5.74) is 1.25. The largest absolute Gasteiger partial charge is 0.462 e. The second-order valence-electron chi connectivity index (χ2n) is 5.44. The lowest BCUT2D eigenvalue weighted by molar-refractivity contribution is -0.166. The van der Waals surface area contributed by atoms with Crippen LogP contribution in [0, 0.1) is 5.92 Å². The molecule has 3 rings (SSSR count). The van der Waals surface area contributed by atoms with Crippen LogP contribution in [0.5, 0.6) is 0 Å². The second-order valence-corrected chi connectivity index (χ2v) is 5.44. The van der Waals surface area contributed by atoms with E-state index in [0.29, 0.717) is 12.5 Å². The lowest BCUT2D eigenvalue weighted by Crippen LogP contribution is -2.54. The molecule has 0 bridgehead atoms. The molecule has 3 heteroatoms. The predicted octanol–water partition coefficient (Wildman–Crippen LogP) is 2.39. The molecular weight excluding hydrogens is 226 g/mol. The fourth-order valence-electron chi connectivity index (χ4n) is 3.08. The molecule has 2 aliphatic rings. The smallest absolute Gasteiger partial charge is 0.323 e. The fraction of sp³-hybridized carbons (Fsp3) is 0.533. The van der Waals surface area contributed by atoms with Gasteiger partial charge in [-0.1, -0.05) is 37.3 Å². The van der Waals surface area contributed by atoms with E-state index in [9.17, 15) is 4.79 Å². The molecule has 0 spiro atoms. The van der Waals surface area contributed by atoms with Crippen LogP contribution < -0.4 is 0 Å². The van der Waals surface area contributed by atoms with Crippen molar-refractivity contribution in [2.75, 3.05) is 13.2 Å². The molecule has 0 radical (unpaired) electrons. The van der Waals surface area contributed by atoms with Crippen molar-refractivity contribution in [2.45, 2.75) is 31.8 Å². The number of fused-ring (bicyclic) bond motifs is 1. The molecule has 0 unspecified atom stereocenters. The van der Waals surface area contributed by atoms with Crippen molar-refractivity contribution >= 4 is 5.97 Å². The third kappa shape index (κ3) is 2.03. The van der Waals surface area contributed by atoms with Crippen LogP contribution in [-0.4, -0.2) is 30.1 Å². The first kappa shape index (κ1) is 11.7. The van der Waals surface area contributed by atoms with Gasteiger partial charge in [-0.3, -0.25) is 9.69 Å². The van der Waals surface area contributed by atoms with Crippen molar-refractivity contribution in [1.29, 1.82) is 0 Å². The number of nitrogens with zero attached hydrogens (tertiary/aromatic N) is 1. The average Bonchev–Trinajstić information content (AvgIpc) is 2.41. The first-order valence-electron chi connectivity index (χ1n) is 6.73. The third-order valence-electron chi connectivity index (χ3n) is 4.15. The van der Waals surface area contributed by atoms with Crippen LogP contribution in [0.4, 0.5) is 0 Å². The summed E-state index contributed by atoms with van der Waals surface area (Å²) in [6, 6.07) is 10.6. The zero-order valence-corrected chi connectivity index (χ0v) is 10.7. The van der Waals surface area contributed by atoms with Gasteiger partial charge in [-0.25, -0.2) is 0 Å². The number of rotatable bonds is 1. The molecule has 3 atom stereocenters. The van der Waals surface area contributed by atoms with E-state index in [1.807, 2.05) is 18.2 Å². The van der Waals surface area contributed by atoms with Gasteiger partial charge < -0.3 is 4.74 Å². The molecule has 18 heavy (non-hydrogen) atoms. The Balaban J connectivity index is 1.86. The fourth-order valence-corrected chi connectivity index (χ4v) is 3.08. The summed E-state index contributed by atoms with van der Waals surface area (Å²) in [6.07, 6.45) is 2.11. The SMILES string of the molecule is C[C@H]1CCN2[C@H](C1)C(=O)OC[C@H]2c1ccccc1. The maximum Gasteiger partial charge on any atom is 0.323 e. The molecule has 0 aliphatic carbocycles. The zero-order valence-electron chi connectivity index (χ0n) is 10.7. The Morgan fingerprint density at radius 2 is 2.00 bits per heavy atom. The number of morpholine rings is 1. The molecule has 2 aliphatic heterocycles. The average molecular weight is 245 g/mol.